The van der Waals surface area contributed by atoms with Crippen LogP contribution in [-0.4, -0.2) is 19.6 Å². The molecule has 0 aliphatic rings. The number of hydrogen-bond acceptors (Lipinski definition) is 3. The van der Waals surface area contributed by atoms with Crippen molar-refractivity contribution in [1.29, 1.82) is 0 Å². The largest absolute Gasteiger partial charge is 0.326 e. The first-order chi connectivity index (χ1) is 10.8. The molecule has 4 aromatic rings. The van der Waals surface area contributed by atoms with Gasteiger partial charge < -0.3 is 5.73 Å². The standard InChI is InChI=1S/C17H15N5/c18-8-12-1-3-13(4-2-12)16-11-19-17-7-14(5-6-22(16)17)15-9-20-21-10-15/h1-7,9-11H,8,18H2,(H,20,21). The normalized spacial score (nSPS) is 11.1. The average molecular weight is 289 g/mol. The van der Waals surface area contributed by atoms with Gasteiger partial charge in [0.25, 0.3) is 0 Å². The van der Waals surface area contributed by atoms with E-state index < -0.39 is 0 Å². The predicted molar refractivity (Wildman–Crippen MR) is 86.1 cm³/mol. The number of aromatic amines is 1. The molecule has 0 spiro atoms. The molecule has 0 aliphatic heterocycles. The summed E-state index contributed by atoms with van der Waals surface area (Å²) in [5.74, 6) is 0. The van der Waals surface area contributed by atoms with Gasteiger partial charge in [0.2, 0.25) is 0 Å². The minimum Gasteiger partial charge on any atom is -0.326 e. The van der Waals surface area contributed by atoms with E-state index >= 15 is 0 Å². The van der Waals surface area contributed by atoms with Crippen molar-refractivity contribution in [1.82, 2.24) is 19.6 Å². The Morgan fingerprint density at radius 2 is 1.86 bits per heavy atom. The summed E-state index contributed by atoms with van der Waals surface area (Å²) in [5.41, 5.74) is 12.0. The van der Waals surface area contributed by atoms with Crippen LogP contribution in [0.2, 0.25) is 0 Å². The quantitative estimate of drug-likeness (QED) is 0.609. The van der Waals surface area contributed by atoms with Crippen LogP contribution in [0.25, 0.3) is 28.0 Å². The number of hydrogen-bond donors (Lipinski definition) is 2. The summed E-state index contributed by atoms with van der Waals surface area (Å²) in [6, 6.07) is 12.4. The highest BCUT2D eigenvalue weighted by atomic mass is 15.1. The zero-order chi connectivity index (χ0) is 14.9. The molecule has 0 saturated heterocycles. The summed E-state index contributed by atoms with van der Waals surface area (Å²) in [6.45, 7) is 0.557. The van der Waals surface area contributed by atoms with Crippen LogP contribution in [0.4, 0.5) is 0 Å². The molecule has 0 fully saturated rings. The number of H-pyrrole nitrogens is 1. The summed E-state index contributed by atoms with van der Waals surface area (Å²) in [7, 11) is 0. The monoisotopic (exact) mass is 289 g/mol. The second kappa shape index (κ2) is 5.13. The van der Waals surface area contributed by atoms with E-state index in [-0.39, 0.29) is 0 Å². The molecule has 0 unspecified atom stereocenters. The number of pyridine rings is 1. The molecule has 0 saturated carbocycles. The van der Waals surface area contributed by atoms with Gasteiger partial charge in [-0.1, -0.05) is 24.3 Å². The second-order valence-electron chi connectivity index (χ2n) is 5.18. The number of fused-ring (bicyclic) bond motifs is 1. The highest BCUT2D eigenvalue weighted by molar-refractivity contribution is 5.70. The average Bonchev–Trinajstić information content (AvgIpc) is 3.24. The Hall–Kier alpha value is -2.92. The lowest BCUT2D eigenvalue weighted by atomic mass is 10.1. The number of nitrogens with two attached hydrogens (primary N) is 1. The molecule has 3 aromatic heterocycles. The van der Waals surface area contributed by atoms with Gasteiger partial charge in [0.15, 0.2) is 0 Å². The third-order valence-electron chi connectivity index (χ3n) is 3.83. The van der Waals surface area contributed by atoms with E-state index in [9.17, 15) is 0 Å². The van der Waals surface area contributed by atoms with Crippen molar-refractivity contribution in [3.8, 4) is 22.4 Å². The maximum absolute atomic E-state index is 5.65. The lowest BCUT2D eigenvalue weighted by Crippen LogP contribution is -1.95. The molecule has 3 heterocycles. The van der Waals surface area contributed by atoms with E-state index in [1.807, 2.05) is 18.6 Å². The first-order valence-corrected chi connectivity index (χ1v) is 7.11. The lowest BCUT2D eigenvalue weighted by Gasteiger charge is -2.04. The Labute approximate surface area is 127 Å². The number of nitrogens with one attached hydrogen (secondary N) is 1. The van der Waals surface area contributed by atoms with Crippen LogP contribution in [0, 0.1) is 0 Å². The second-order valence-corrected chi connectivity index (χ2v) is 5.18. The van der Waals surface area contributed by atoms with Crippen molar-refractivity contribution >= 4 is 5.65 Å². The van der Waals surface area contributed by atoms with Crippen molar-refractivity contribution in [2.45, 2.75) is 6.54 Å². The fourth-order valence-corrected chi connectivity index (χ4v) is 2.59. The third-order valence-corrected chi connectivity index (χ3v) is 3.83. The fourth-order valence-electron chi connectivity index (χ4n) is 2.59. The molecule has 5 heteroatoms. The zero-order valence-corrected chi connectivity index (χ0v) is 11.9. The first kappa shape index (κ1) is 12.8. The van der Waals surface area contributed by atoms with Gasteiger partial charge >= 0.3 is 0 Å². The Balaban J connectivity index is 1.79. The number of benzene rings is 1. The van der Waals surface area contributed by atoms with E-state index in [0.29, 0.717) is 6.54 Å². The van der Waals surface area contributed by atoms with E-state index in [4.69, 9.17) is 5.73 Å². The molecule has 0 bridgehead atoms. The molecule has 0 amide bonds. The van der Waals surface area contributed by atoms with Crippen molar-refractivity contribution in [3.63, 3.8) is 0 Å². The van der Waals surface area contributed by atoms with E-state index in [1.54, 1.807) is 6.20 Å². The minimum absolute atomic E-state index is 0.557. The molecule has 0 atom stereocenters. The van der Waals surface area contributed by atoms with Crippen LogP contribution in [0.5, 0.6) is 0 Å². The Bertz CT molecular complexity index is 904. The summed E-state index contributed by atoms with van der Waals surface area (Å²) < 4.78 is 2.08. The first-order valence-electron chi connectivity index (χ1n) is 7.11. The molecule has 22 heavy (non-hydrogen) atoms. The molecular formula is C17H15N5. The summed E-state index contributed by atoms with van der Waals surface area (Å²) in [4.78, 5) is 4.52. The molecule has 3 N–H and O–H groups in total. The SMILES string of the molecule is NCc1ccc(-c2cnc3cc(-c4cn[nH]c4)ccn23)cc1. The maximum atomic E-state index is 5.65. The number of aromatic nitrogens is 4. The fraction of sp³-hybridized carbons (Fsp3) is 0.0588. The van der Waals surface area contributed by atoms with Gasteiger partial charge in [-0.05, 0) is 23.3 Å². The van der Waals surface area contributed by atoms with E-state index in [2.05, 4.69) is 56.0 Å². The minimum atomic E-state index is 0.557. The number of nitrogens with zero attached hydrogens (tertiary/aromatic N) is 3. The highest BCUT2D eigenvalue weighted by Crippen LogP contribution is 2.24. The van der Waals surface area contributed by atoms with Crippen molar-refractivity contribution < 1.29 is 0 Å². The third kappa shape index (κ3) is 2.08. The van der Waals surface area contributed by atoms with Crippen LogP contribution in [0.1, 0.15) is 5.56 Å². The van der Waals surface area contributed by atoms with E-state index in [1.165, 1.54) is 0 Å². The topological polar surface area (TPSA) is 72.0 Å². The van der Waals surface area contributed by atoms with Crippen LogP contribution in [0.15, 0.2) is 61.2 Å². The van der Waals surface area contributed by atoms with Crippen LogP contribution >= 0.6 is 0 Å². The van der Waals surface area contributed by atoms with Crippen LogP contribution in [0.3, 0.4) is 0 Å². The zero-order valence-electron chi connectivity index (χ0n) is 11.9. The lowest BCUT2D eigenvalue weighted by molar-refractivity contribution is 1.07. The Morgan fingerprint density at radius 1 is 1.00 bits per heavy atom. The van der Waals surface area contributed by atoms with Gasteiger partial charge in [0, 0.05) is 30.1 Å². The molecule has 0 radical (unpaired) electrons. The van der Waals surface area contributed by atoms with Crippen LogP contribution < -0.4 is 5.73 Å². The molecule has 1 aromatic carbocycles. The van der Waals surface area contributed by atoms with E-state index in [0.717, 1.165) is 33.6 Å². The molecule has 0 aliphatic carbocycles. The van der Waals surface area contributed by atoms with Gasteiger partial charge in [0.05, 0.1) is 18.1 Å². The molecule has 108 valence electrons. The maximum Gasteiger partial charge on any atom is 0.137 e. The summed E-state index contributed by atoms with van der Waals surface area (Å²) in [5, 5.41) is 6.82. The molecular weight excluding hydrogens is 274 g/mol. The predicted octanol–water partition coefficient (Wildman–Crippen LogP) is 2.85. The molecule has 4 rings (SSSR count). The number of imidazole rings is 1. The van der Waals surface area contributed by atoms with Gasteiger partial charge in [-0.25, -0.2) is 4.98 Å². The Kier molecular flexibility index (Phi) is 2.98. The van der Waals surface area contributed by atoms with Crippen molar-refractivity contribution in [2.75, 3.05) is 0 Å². The van der Waals surface area contributed by atoms with Gasteiger partial charge in [0.1, 0.15) is 5.65 Å². The van der Waals surface area contributed by atoms with Crippen LogP contribution in [-0.2, 0) is 6.54 Å². The highest BCUT2D eigenvalue weighted by Gasteiger charge is 2.07. The van der Waals surface area contributed by atoms with Gasteiger partial charge in [-0.15, -0.1) is 0 Å². The Morgan fingerprint density at radius 3 is 2.59 bits per heavy atom. The summed E-state index contributed by atoms with van der Waals surface area (Å²) >= 11 is 0. The number of rotatable bonds is 3. The smallest absolute Gasteiger partial charge is 0.137 e. The summed E-state index contributed by atoms with van der Waals surface area (Å²) in [6.07, 6.45) is 7.62. The van der Waals surface area contributed by atoms with Gasteiger partial charge in [-0.3, -0.25) is 9.50 Å². The van der Waals surface area contributed by atoms with Crippen molar-refractivity contribution in [2.24, 2.45) is 5.73 Å². The van der Waals surface area contributed by atoms with Gasteiger partial charge in [-0.2, -0.15) is 5.10 Å². The van der Waals surface area contributed by atoms with Crippen molar-refractivity contribution in [3.05, 3.63) is 66.7 Å². The molecule has 5 nitrogen and oxygen atoms in total.